The minimum atomic E-state index is -4.23. The molecule has 4 atom stereocenters. The summed E-state index contributed by atoms with van der Waals surface area (Å²) in [7, 11) is 0. The van der Waals surface area contributed by atoms with E-state index in [4.69, 9.17) is 11.6 Å². The van der Waals surface area contributed by atoms with Gasteiger partial charge in [-0.05, 0) is 61.6 Å². The lowest BCUT2D eigenvalue weighted by Gasteiger charge is -2.44. The van der Waals surface area contributed by atoms with Crippen LogP contribution in [0.15, 0.2) is 42.5 Å². The number of quaternary nitrogens is 1. The Kier molecular flexibility index (Phi) is 8.22. The first-order valence-corrected chi connectivity index (χ1v) is 13.0. The summed E-state index contributed by atoms with van der Waals surface area (Å²) < 4.78 is 39.7. The molecular formula is C27H32Cl2F3N3O. The van der Waals surface area contributed by atoms with E-state index in [2.05, 4.69) is 10.3 Å². The third-order valence-corrected chi connectivity index (χ3v) is 8.63. The Hall–Kier alpha value is -1.83. The number of piperidine rings is 1. The van der Waals surface area contributed by atoms with Crippen LogP contribution < -0.4 is 17.7 Å². The molecule has 1 aliphatic carbocycles. The fraction of sp³-hybridized carbons (Fsp3) is 0.556. The Bertz CT molecular complexity index is 1070. The number of nitrogens with zero attached hydrogens (tertiary/aromatic N) is 2. The summed E-state index contributed by atoms with van der Waals surface area (Å²) in [4.78, 5) is 20.5. The predicted octanol–water partition coefficient (Wildman–Crippen LogP) is 1.62. The van der Waals surface area contributed by atoms with Crippen molar-refractivity contribution in [3.8, 4) is 0 Å². The average Bonchev–Trinajstić information content (AvgIpc) is 3.26. The Morgan fingerprint density at radius 1 is 1.19 bits per heavy atom. The van der Waals surface area contributed by atoms with Crippen LogP contribution in [0, 0.1) is 5.92 Å². The number of likely N-dealkylation sites (tertiary alicyclic amines) is 1. The molecule has 2 saturated heterocycles. The minimum Gasteiger partial charge on any atom is -1.00 e. The van der Waals surface area contributed by atoms with Crippen LogP contribution in [0.1, 0.15) is 61.3 Å². The van der Waals surface area contributed by atoms with Crippen LogP contribution >= 0.6 is 11.6 Å². The number of hydrogen-bond acceptors (Lipinski definition) is 2. The fourth-order valence-electron chi connectivity index (χ4n) is 6.78. The summed E-state index contributed by atoms with van der Waals surface area (Å²) in [6.07, 6.45) is -1.13. The van der Waals surface area contributed by atoms with Gasteiger partial charge in [-0.3, -0.25) is 4.79 Å². The quantitative estimate of drug-likeness (QED) is 0.598. The Morgan fingerprint density at radius 2 is 1.97 bits per heavy atom. The molecule has 0 radical (unpaired) electrons. The molecule has 2 aromatic rings. The molecule has 2 N–H and O–H groups in total. The number of rotatable bonds is 4. The number of nitrogens with two attached hydrogens (primary N) is 1. The Labute approximate surface area is 221 Å². The lowest BCUT2D eigenvalue weighted by molar-refractivity contribution is -0.640. The topological polar surface area (TPSA) is 49.8 Å². The van der Waals surface area contributed by atoms with Crippen molar-refractivity contribution in [3.63, 3.8) is 0 Å². The van der Waals surface area contributed by atoms with Gasteiger partial charge in [0.05, 0.1) is 18.5 Å². The van der Waals surface area contributed by atoms with Crippen molar-refractivity contribution in [3.05, 3.63) is 64.4 Å². The zero-order chi connectivity index (χ0) is 24.6. The molecule has 36 heavy (non-hydrogen) atoms. The van der Waals surface area contributed by atoms with Gasteiger partial charge in [0, 0.05) is 24.7 Å². The van der Waals surface area contributed by atoms with E-state index in [1.165, 1.54) is 0 Å². The smallest absolute Gasteiger partial charge is 0.389 e. The van der Waals surface area contributed by atoms with E-state index in [1.807, 2.05) is 36.4 Å². The van der Waals surface area contributed by atoms with Crippen LogP contribution in [-0.2, 0) is 16.6 Å². The minimum absolute atomic E-state index is 0. The van der Waals surface area contributed by atoms with Gasteiger partial charge in [0.25, 0.3) is 0 Å². The third-order valence-electron chi connectivity index (χ3n) is 8.42. The van der Waals surface area contributed by atoms with Gasteiger partial charge in [-0.2, -0.15) is 13.2 Å². The van der Waals surface area contributed by atoms with Crippen LogP contribution in [-0.4, -0.2) is 47.6 Å². The number of aryl methyl sites for hydroxylation is 1. The Morgan fingerprint density at radius 3 is 2.72 bits per heavy atom. The van der Waals surface area contributed by atoms with Crippen LogP contribution in [0.5, 0.6) is 0 Å². The Balaban J connectivity index is 0.00000304. The molecule has 2 fully saturated rings. The fourth-order valence-corrected chi connectivity index (χ4v) is 6.95. The van der Waals surface area contributed by atoms with Crippen molar-refractivity contribution < 1.29 is 35.7 Å². The second kappa shape index (κ2) is 10.9. The summed E-state index contributed by atoms with van der Waals surface area (Å²) in [6.45, 7) is 1.96. The summed E-state index contributed by atoms with van der Waals surface area (Å²) in [6, 6.07) is 13.4. The molecular weight excluding hydrogens is 510 g/mol. The van der Waals surface area contributed by atoms with E-state index in [0.717, 1.165) is 49.0 Å². The summed E-state index contributed by atoms with van der Waals surface area (Å²) >= 11 is 6.16. The molecule has 1 amide bonds. The van der Waals surface area contributed by atoms with E-state index < -0.39 is 18.6 Å². The highest BCUT2D eigenvalue weighted by atomic mass is 35.5. The molecule has 0 saturated carbocycles. The first kappa shape index (κ1) is 27.2. The van der Waals surface area contributed by atoms with Crippen molar-refractivity contribution in [1.82, 2.24) is 9.88 Å². The number of carbonyl (C=O) groups is 1. The summed E-state index contributed by atoms with van der Waals surface area (Å²) in [5.74, 6) is -0.0734. The highest BCUT2D eigenvalue weighted by Crippen LogP contribution is 2.45. The molecule has 1 aromatic carbocycles. The normalized spacial score (nSPS) is 28.0. The second-order valence-corrected chi connectivity index (χ2v) is 10.8. The molecule has 3 heterocycles. The number of hydrogen-bond donors (Lipinski definition) is 1. The van der Waals surface area contributed by atoms with Gasteiger partial charge in [0.2, 0.25) is 5.91 Å². The number of alkyl halides is 3. The predicted molar refractivity (Wildman–Crippen MR) is 128 cm³/mol. The van der Waals surface area contributed by atoms with Gasteiger partial charge < -0.3 is 22.6 Å². The number of carbonyl (C=O) groups excluding carboxylic acids is 1. The van der Waals surface area contributed by atoms with Gasteiger partial charge in [-0.25, -0.2) is 4.98 Å². The van der Waals surface area contributed by atoms with E-state index in [0.29, 0.717) is 24.7 Å². The first-order valence-electron chi connectivity index (χ1n) is 12.7. The summed E-state index contributed by atoms with van der Waals surface area (Å²) in [5.41, 5.74) is 2.89. The lowest BCUT2D eigenvalue weighted by Crippen LogP contribution is -3.00. The largest absolute Gasteiger partial charge is 1.00 e. The highest BCUT2D eigenvalue weighted by Gasteiger charge is 2.55. The van der Waals surface area contributed by atoms with Crippen LogP contribution in [0.3, 0.4) is 0 Å². The highest BCUT2D eigenvalue weighted by molar-refractivity contribution is 6.29. The maximum absolute atomic E-state index is 14.1. The molecule has 5 rings (SSSR count). The number of aromatic nitrogens is 1. The third kappa shape index (κ3) is 5.39. The van der Waals surface area contributed by atoms with Crippen molar-refractivity contribution in [1.29, 1.82) is 0 Å². The lowest BCUT2D eigenvalue weighted by atomic mass is 9.65. The van der Waals surface area contributed by atoms with Crippen molar-refractivity contribution >= 4 is 17.5 Å². The molecule has 3 aliphatic rings. The number of fused-ring (bicyclic) bond motifs is 2. The van der Waals surface area contributed by atoms with Gasteiger partial charge in [0.15, 0.2) is 0 Å². The zero-order valence-electron chi connectivity index (χ0n) is 20.1. The van der Waals surface area contributed by atoms with Gasteiger partial charge in [-0.1, -0.05) is 48.0 Å². The summed E-state index contributed by atoms with van der Waals surface area (Å²) in [5, 5.41) is 2.65. The standard InChI is InChI=1S/C27H31ClF3N3O.ClH/c28-24-9-8-21-23(33-24)7-4-12-26(21)17-32-16-22(26)25(35)34-14-11-19(18-5-2-1-3-6-18)15-20(34)10-13-27(29,30)31;/h1-3,5-6,8-9,19-20,22,32H,4,7,10-17H2;1H/t19-,20?,22+,26+;/m1./s1. The number of benzene rings is 1. The monoisotopic (exact) mass is 541 g/mol. The first-order chi connectivity index (χ1) is 16.8. The average molecular weight is 542 g/mol. The van der Waals surface area contributed by atoms with E-state index in [1.54, 1.807) is 11.0 Å². The molecule has 1 spiro atoms. The molecule has 196 valence electrons. The SMILES string of the molecule is O=C([C@@H]1C[NH2+]C[C@]12CCCc1nc(Cl)ccc12)N1CC[C@@H](c2ccccc2)CC1CCC(F)(F)F.[Cl-]. The molecule has 9 heteroatoms. The van der Waals surface area contributed by atoms with Crippen molar-refractivity contribution in [2.75, 3.05) is 19.6 Å². The zero-order valence-corrected chi connectivity index (χ0v) is 21.6. The molecule has 1 aromatic heterocycles. The number of halogens is 5. The van der Waals surface area contributed by atoms with Gasteiger partial charge >= 0.3 is 6.18 Å². The molecule has 1 unspecified atom stereocenters. The molecule has 0 bridgehead atoms. The van der Waals surface area contributed by atoms with E-state index >= 15 is 0 Å². The van der Waals surface area contributed by atoms with Crippen LogP contribution in [0.25, 0.3) is 0 Å². The number of amides is 1. The maximum atomic E-state index is 14.1. The van der Waals surface area contributed by atoms with E-state index in [9.17, 15) is 18.0 Å². The second-order valence-electron chi connectivity index (χ2n) is 10.4. The van der Waals surface area contributed by atoms with E-state index in [-0.39, 0.29) is 42.0 Å². The van der Waals surface area contributed by atoms with Gasteiger partial charge in [0.1, 0.15) is 11.1 Å². The number of pyridine rings is 1. The maximum Gasteiger partial charge on any atom is 0.389 e. The van der Waals surface area contributed by atoms with Crippen LogP contribution in [0.4, 0.5) is 13.2 Å². The van der Waals surface area contributed by atoms with Gasteiger partial charge in [-0.15, -0.1) is 0 Å². The molecule has 4 nitrogen and oxygen atoms in total. The van der Waals surface area contributed by atoms with Crippen molar-refractivity contribution in [2.24, 2.45) is 5.92 Å². The van der Waals surface area contributed by atoms with Crippen molar-refractivity contribution in [2.45, 2.75) is 68.5 Å². The molecule has 2 aliphatic heterocycles. The van der Waals surface area contributed by atoms with Crippen LogP contribution in [0.2, 0.25) is 5.15 Å².